The van der Waals surface area contributed by atoms with Crippen LogP contribution in [0.15, 0.2) is 39.0 Å². The van der Waals surface area contributed by atoms with Crippen LogP contribution in [-0.4, -0.2) is 39.0 Å². The van der Waals surface area contributed by atoms with Crippen LogP contribution in [-0.2, 0) is 18.3 Å². The minimum Gasteiger partial charge on any atom is -0.383 e. The molecule has 0 bridgehead atoms. The van der Waals surface area contributed by atoms with Crippen LogP contribution in [0.3, 0.4) is 0 Å². The smallest absolute Gasteiger partial charge is 0.329 e. The molecule has 0 aliphatic rings. The minimum atomic E-state index is -0.520. The van der Waals surface area contributed by atoms with E-state index >= 15 is 0 Å². The lowest BCUT2D eigenvalue weighted by molar-refractivity contribution is 0.188. The van der Waals surface area contributed by atoms with Gasteiger partial charge in [-0.25, -0.2) is 10.2 Å². The van der Waals surface area contributed by atoms with Gasteiger partial charge in [0, 0.05) is 20.7 Å². The fraction of sp³-hybridized carbons (Fsp3) is 0.294. The molecule has 0 spiro atoms. The summed E-state index contributed by atoms with van der Waals surface area (Å²) in [7, 11) is 3.12. The van der Waals surface area contributed by atoms with E-state index in [9.17, 15) is 9.59 Å². The Labute approximate surface area is 148 Å². The summed E-state index contributed by atoms with van der Waals surface area (Å²) in [6.45, 7) is 2.78. The maximum Gasteiger partial charge on any atom is 0.329 e. The van der Waals surface area contributed by atoms with E-state index in [1.807, 2.05) is 31.2 Å². The first kappa shape index (κ1) is 17.6. The van der Waals surface area contributed by atoms with Crippen molar-refractivity contribution in [3.05, 3.63) is 56.2 Å². The summed E-state index contributed by atoms with van der Waals surface area (Å²) in [6, 6.07) is 7.88. The highest BCUT2D eigenvalue weighted by molar-refractivity contribution is 5.80. The number of imidazole rings is 1. The number of ether oxygens (including phenoxy) is 1. The van der Waals surface area contributed by atoms with Gasteiger partial charge in [-0.05, 0) is 12.5 Å². The van der Waals surface area contributed by atoms with Crippen LogP contribution in [0.25, 0.3) is 11.2 Å². The number of aromatic nitrogens is 4. The van der Waals surface area contributed by atoms with Crippen LogP contribution in [0.4, 0.5) is 5.95 Å². The molecule has 0 amide bonds. The molecule has 2 N–H and O–H groups in total. The molecular formula is C17H20N6O3. The first-order valence-corrected chi connectivity index (χ1v) is 8.05. The zero-order valence-corrected chi connectivity index (χ0v) is 14.8. The van der Waals surface area contributed by atoms with Crippen molar-refractivity contribution < 1.29 is 4.74 Å². The van der Waals surface area contributed by atoms with E-state index < -0.39 is 11.2 Å². The topological polar surface area (TPSA) is 106 Å². The third kappa shape index (κ3) is 3.42. The molecule has 2 aromatic heterocycles. The van der Waals surface area contributed by atoms with Crippen LogP contribution >= 0.6 is 0 Å². The molecule has 9 nitrogen and oxygen atoms in total. The van der Waals surface area contributed by atoms with Gasteiger partial charge in [-0.1, -0.05) is 29.8 Å². The fourth-order valence-corrected chi connectivity index (χ4v) is 2.54. The van der Waals surface area contributed by atoms with Crippen molar-refractivity contribution in [1.29, 1.82) is 0 Å². The molecule has 26 heavy (non-hydrogen) atoms. The lowest BCUT2D eigenvalue weighted by Crippen LogP contribution is -2.29. The van der Waals surface area contributed by atoms with E-state index in [1.54, 1.807) is 24.9 Å². The molecule has 2 heterocycles. The van der Waals surface area contributed by atoms with Gasteiger partial charge in [0.2, 0.25) is 5.95 Å². The Hall–Kier alpha value is -3.20. The highest BCUT2D eigenvalue weighted by atomic mass is 16.5. The molecule has 3 rings (SSSR count). The monoisotopic (exact) mass is 356 g/mol. The Balaban J connectivity index is 1.99. The number of aryl methyl sites for hydroxylation is 2. The summed E-state index contributed by atoms with van der Waals surface area (Å²) in [4.78, 5) is 30.7. The number of methoxy groups -OCH3 is 1. The number of nitrogens with zero attached hydrogens (tertiary/aromatic N) is 4. The standard InChI is InChI=1S/C17H20N6O3/c1-11-4-6-12(7-5-11)10-18-21-16-19-14-13(23(16)8-9-26-3)15(24)20-17(25)22(14)2/h4-7,10H,8-9H2,1-3H3,(H,19,21)(H,20,24,25)/b18-10+. The zero-order valence-electron chi connectivity index (χ0n) is 14.8. The van der Waals surface area contributed by atoms with E-state index in [4.69, 9.17) is 4.74 Å². The van der Waals surface area contributed by atoms with Gasteiger partial charge in [-0.3, -0.25) is 14.3 Å². The molecule has 0 aliphatic carbocycles. The van der Waals surface area contributed by atoms with E-state index in [1.165, 1.54) is 4.57 Å². The highest BCUT2D eigenvalue weighted by Gasteiger charge is 2.16. The van der Waals surface area contributed by atoms with Gasteiger partial charge >= 0.3 is 5.69 Å². The average Bonchev–Trinajstić information content (AvgIpc) is 2.99. The zero-order chi connectivity index (χ0) is 18.7. The molecule has 0 aliphatic heterocycles. The van der Waals surface area contributed by atoms with Crippen molar-refractivity contribution in [2.75, 3.05) is 19.1 Å². The highest BCUT2D eigenvalue weighted by Crippen LogP contribution is 2.15. The number of rotatable bonds is 6. The second-order valence-electron chi connectivity index (χ2n) is 5.85. The van der Waals surface area contributed by atoms with Crippen LogP contribution in [0, 0.1) is 6.92 Å². The van der Waals surface area contributed by atoms with Crippen molar-refractivity contribution in [2.24, 2.45) is 12.1 Å². The van der Waals surface area contributed by atoms with Gasteiger partial charge in [0.05, 0.1) is 12.8 Å². The molecule has 9 heteroatoms. The number of hydrogen-bond donors (Lipinski definition) is 2. The number of hydrogen-bond acceptors (Lipinski definition) is 6. The van der Waals surface area contributed by atoms with Crippen LogP contribution < -0.4 is 16.7 Å². The van der Waals surface area contributed by atoms with E-state index in [0.717, 1.165) is 11.1 Å². The van der Waals surface area contributed by atoms with Crippen molar-refractivity contribution in [3.63, 3.8) is 0 Å². The predicted molar refractivity (Wildman–Crippen MR) is 99.9 cm³/mol. The maximum absolute atomic E-state index is 12.2. The SMILES string of the molecule is COCCn1c(N/N=C/c2ccc(C)cc2)nc2c1c(=O)[nH]c(=O)n2C. The third-order valence-corrected chi connectivity index (χ3v) is 3.98. The molecule has 0 radical (unpaired) electrons. The molecule has 0 unspecified atom stereocenters. The number of hydrazone groups is 1. The first-order valence-electron chi connectivity index (χ1n) is 8.05. The van der Waals surface area contributed by atoms with Crippen molar-refractivity contribution >= 4 is 23.3 Å². The van der Waals surface area contributed by atoms with Crippen molar-refractivity contribution in [1.82, 2.24) is 19.1 Å². The first-order chi connectivity index (χ1) is 12.5. The Morgan fingerprint density at radius 1 is 1.31 bits per heavy atom. The van der Waals surface area contributed by atoms with E-state index in [-0.39, 0.29) is 11.2 Å². The Bertz CT molecular complexity index is 1060. The summed E-state index contributed by atoms with van der Waals surface area (Å²) in [5.41, 5.74) is 4.49. The van der Waals surface area contributed by atoms with Gasteiger partial charge in [-0.15, -0.1) is 0 Å². The Morgan fingerprint density at radius 3 is 2.73 bits per heavy atom. The van der Waals surface area contributed by atoms with Crippen LogP contribution in [0.2, 0.25) is 0 Å². The lowest BCUT2D eigenvalue weighted by Gasteiger charge is -2.07. The van der Waals surface area contributed by atoms with Crippen molar-refractivity contribution in [3.8, 4) is 0 Å². The Morgan fingerprint density at radius 2 is 2.04 bits per heavy atom. The lowest BCUT2D eigenvalue weighted by atomic mass is 10.2. The van der Waals surface area contributed by atoms with Gasteiger partial charge in [0.25, 0.3) is 5.56 Å². The number of H-pyrrole nitrogens is 1. The second kappa shape index (κ2) is 7.36. The van der Waals surface area contributed by atoms with Crippen LogP contribution in [0.1, 0.15) is 11.1 Å². The average molecular weight is 356 g/mol. The molecule has 0 saturated heterocycles. The summed E-state index contributed by atoms with van der Waals surface area (Å²) in [5, 5.41) is 4.19. The molecule has 1 aromatic carbocycles. The molecule has 0 saturated carbocycles. The largest absolute Gasteiger partial charge is 0.383 e. The predicted octanol–water partition coefficient (Wildman–Crippen LogP) is 0.824. The summed E-state index contributed by atoms with van der Waals surface area (Å²) >= 11 is 0. The molecular weight excluding hydrogens is 336 g/mol. The third-order valence-electron chi connectivity index (χ3n) is 3.98. The van der Waals surface area contributed by atoms with Crippen LogP contribution in [0.5, 0.6) is 0 Å². The quantitative estimate of drug-likeness (QED) is 0.502. The number of nitrogens with one attached hydrogen (secondary N) is 2. The number of anilines is 1. The number of benzene rings is 1. The molecule has 0 atom stereocenters. The number of fused-ring (bicyclic) bond motifs is 1. The summed E-state index contributed by atoms with van der Waals surface area (Å²) in [6.07, 6.45) is 1.66. The minimum absolute atomic E-state index is 0.280. The van der Waals surface area contributed by atoms with Gasteiger partial charge in [-0.2, -0.15) is 10.1 Å². The van der Waals surface area contributed by atoms with Gasteiger partial charge < -0.3 is 9.30 Å². The van der Waals surface area contributed by atoms with Gasteiger partial charge in [0.15, 0.2) is 11.2 Å². The second-order valence-corrected chi connectivity index (χ2v) is 5.85. The Kier molecular flexibility index (Phi) is 4.99. The van der Waals surface area contributed by atoms with Crippen molar-refractivity contribution in [2.45, 2.75) is 13.5 Å². The number of aromatic amines is 1. The van der Waals surface area contributed by atoms with E-state index in [0.29, 0.717) is 19.1 Å². The molecule has 0 fully saturated rings. The summed E-state index contributed by atoms with van der Waals surface area (Å²) in [5.74, 6) is 0.354. The fourth-order valence-electron chi connectivity index (χ4n) is 2.54. The molecule has 3 aromatic rings. The van der Waals surface area contributed by atoms with E-state index in [2.05, 4.69) is 20.5 Å². The normalized spacial score (nSPS) is 11.5. The summed E-state index contributed by atoms with van der Waals surface area (Å²) < 4.78 is 8.03. The molecule has 136 valence electrons. The van der Waals surface area contributed by atoms with Gasteiger partial charge in [0.1, 0.15) is 0 Å². The maximum atomic E-state index is 12.2.